The van der Waals surface area contributed by atoms with E-state index in [1.165, 1.54) is 0 Å². The zero-order valence-electron chi connectivity index (χ0n) is 8.22. The molecule has 0 aliphatic carbocycles. The molecule has 80 valence electrons. The molecule has 1 amide bonds. The molecule has 0 aliphatic rings. The average molecular weight is 278 g/mol. The van der Waals surface area contributed by atoms with Crippen molar-refractivity contribution < 1.29 is 4.79 Å². The molecular formula is C11H8BrN3O. The van der Waals surface area contributed by atoms with Gasteiger partial charge >= 0.3 is 0 Å². The van der Waals surface area contributed by atoms with E-state index in [0.717, 1.165) is 4.60 Å². The first-order chi connectivity index (χ1) is 7.75. The quantitative estimate of drug-likeness (QED) is 0.859. The highest BCUT2D eigenvalue weighted by molar-refractivity contribution is 9.10. The van der Waals surface area contributed by atoms with Crippen LogP contribution in [0.3, 0.4) is 0 Å². The second-order valence-electron chi connectivity index (χ2n) is 3.06. The number of pyridine rings is 2. The lowest BCUT2D eigenvalue weighted by Crippen LogP contribution is -2.11. The minimum atomic E-state index is -0.175. The summed E-state index contributed by atoms with van der Waals surface area (Å²) in [6.07, 6.45) is 4.74. The van der Waals surface area contributed by atoms with Crippen LogP contribution in [0.25, 0.3) is 0 Å². The Labute approximate surface area is 101 Å². The van der Waals surface area contributed by atoms with E-state index in [9.17, 15) is 4.79 Å². The Hall–Kier alpha value is -1.75. The fourth-order valence-corrected chi connectivity index (χ4v) is 1.39. The third-order valence-electron chi connectivity index (χ3n) is 1.93. The van der Waals surface area contributed by atoms with E-state index in [1.807, 2.05) is 0 Å². The van der Waals surface area contributed by atoms with Crippen molar-refractivity contribution in [3.8, 4) is 0 Å². The van der Waals surface area contributed by atoms with Crippen molar-refractivity contribution in [1.29, 1.82) is 0 Å². The number of halogens is 1. The van der Waals surface area contributed by atoms with Gasteiger partial charge in [-0.1, -0.05) is 0 Å². The lowest BCUT2D eigenvalue weighted by Gasteiger charge is -2.04. The van der Waals surface area contributed by atoms with Crippen LogP contribution in [-0.4, -0.2) is 15.9 Å². The lowest BCUT2D eigenvalue weighted by atomic mass is 10.2. The number of amides is 1. The molecule has 2 aromatic rings. The molecule has 0 radical (unpaired) electrons. The third kappa shape index (κ3) is 2.64. The average Bonchev–Trinajstić information content (AvgIpc) is 2.33. The van der Waals surface area contributed by atoms with Crippen molar-refractivity contribution in [2.45, 2.75) is 0 Å². The first kappa shape index (κ1) is 10.8. The SMILES string of the molecule is O=C(Nc1ccc(Br)nc1)c1ccncc1. The minimum Gasteiger partial charge on any atom is -0.321 e. The largest absolute Gasteiger partial charge is 0.321 e. The minimum absolute atomic E-state index is 0.175. The van der Waals surface area contributed by atoms with Gasteiger partial charge in [0, 0.05) is 18.0 Å². The van der Waals surface area contributed by atoms with Gasteiger partial charge in [0.05, 0.1) is 11.9 Å². The zero-order valence-corrected chi connectivity index (χ0v) is 9.81. The molecule has 2 aromatic heterocycles. The van der Waals surface area contributed by atoms with E-state index in [-0.39, 0.29) is 5.91 Å². The molecular weight excluding hydrogens is 270 g/mol. The van der Waals surface area contributed by atoms with E-state index in [2.05, 4.69) is 31.2 Å². The number of carbonyl (C=O) groups excluding carboxylic acids is 1. The van der Waals surface area contributed by atoms with Gasteiger partial charge in [0.2, 0.25) is 0 Å². The molecule has 5 heteroatoms. The Balaban J connectivity index is 2.11. The molecule has 0 unspecified atom stereocenters. The fraction of sp³-hybridized carbons (Fsp3) is 0. The van der Waals surface area contributed by atoms with E-state index < -0.39 is 0 Å². The van der Waals surface area contributed by atoms with Crippen LogP contribution in [0, 0.1) is 0 Å². The number of hydrogen-bond donors (Lipinski definition) is 1. The van der Waals surface area contributed by atoms with Crippen molar-refractivity contribution in [3.63, 3.8) is 0 Å². The van der Waals surface area contributed by atoms with Gasteiger partial charge in [-0.15, -0.1) is 0 Å². The summed E-state index contributed by atoms with van der Waals surface area (Å²) in [6.45, 7) is 0. The first-order valence-corrected chi connectivity index (χ1v) is 5.38. The fourth-order valence-electron chi connectivity index (χ4n) is 1.16. The number of carbonyl (C=O) groups is 1. The summed E-state index contributed by atoms with van der Waals surface area (Å²) in [5.74, 6) is -0.175. The van der Waals surface area contributed by atoms with Crippen LogP contribution < -0.4 is 5.32 Å². The van der Waals surface area contributed by atoms with E-state index in [4.69, 9.17) is 0 Å². The lowest BCUT2D eigenvalue weighted by molar-refractivity contribution is 0.102. The third-order valence-corrected chi connectivity index (χ3v) is 2.40. The van der Waals surface area contributed by atoms with Gasteiger partial charge in [-0.2, -0.15) is 0 Å². The van der Waals surface area contributed by atoms with E-state index >= 15 is 0 Å². The second kappa shape index (κ2) is 4.85. The van der Waals surface area contributed by atoms with Crippen LogP contribution in [0.2, 0.25) is 0 Å². The molecule has 0 bridgehead atoms. The summed E-state index contributed by atoms with van der Waals surface area (Å²) in [5.41, 5.74) is 1.22. The van der Waals surface area contributed by atoms with E-state index in [0.29, 0.717) is 11.3 Å². The number of anilines is 1. The van der Waals surface area contributed by atoms with Crippen LogP contribution in [0.5, 0.6) is 0 Å². The maximum Gasteiger partial charge on any atom is 0.255 e. The first-order valence-electron chi connectivity index (χ1n) is 4.58. The molecule has 0 aliphatic heterocycles. The molecule has 1 N–H and O–H groups in total. The van der Waals surface area contributed by atoms with Crippen LogP contribution in [0.1, 0.15) is 10.4 Å². The monoisotopic (exact) mass is 277 g/mol. The summed E-state index contributed by atoms with van der Waals surface area (Å²) in [5, 5.41) is 2.74. The van der Waals surface area contributed by atoms with Gasteiger partial charge in [-0.25, -0.2) is 4.98 Å². The molecule has 0 aromatic carbocycles. The summed E-state index contributed by atoms with van der Waals surface area (Å²) in [7, 11) is 0. The van der Waals surface area contributed by atoms with Gasteiger partial charge < -0.3 is 5.32 Å². The normalized spacial score (nSPS) is 9.81. The number of aromatic nitrogens is 2. The molecule has 0 atom stereocenters. The van der Waals surface area contributed by atoms with Crippen LogP contribution in [0.4, 0.5) is 5.69 Å². The zero-order chi connectivity index (χ0) is 11.4. The molecule has 2 rings (SSSR count). The summed E-state index contributed by atoms with van der Waals surface area (Å²) >= 11 is 3.22. The van der Waals surface area contributed by atoms with Gasteiger partial charge in [-0.3, -0.25) is 9.78 Å². The Bertz CT molecular complexity index is 484. The second-order valence-corrected chi connectivity index (χ2v) is 3.87. The molecule has 0 fully saturated rings. The van der Waals surface area contributed by atoms with Crippen LogP contribution in [-0.2, 0) is 0 Å². The maximum atomic E-state index is 11.7. The smallest absolute Gasteiger partial charge is 0.255 e. The van der Waals surface area contributed by atoms with Crippen molar-refractivity contribution in [2.24, 2.45) is 0 Å². The Morgan fingerprint density at radius 2 is 1.94 bits per heavy atom. The summed E-state index contributed by atoms with van der Waals surface area (Å²) < 4.78 is 0.731. The number of rotatable bonds is 2. The molecule has 16 heavy (non-hydrogen) atoms. The van der Waals surface area contributed by atoms with Crippen molar-refractivity contribution in [3.05, 3.63) is 53.0 Å². The Morgan fingerprint density at radius 1 is 1.19 bits per heavy atom. The van der Waals surface area contributed by atoms with Crippen LogP contribution in [0.15, 0.2) is 47.5 Å². The van der Waals surface area contributed by atoms with Gasteiger partial charge in [0.25, 0.3) is 5.91 Å². The predicted octanol–water partition coefficient (Wildman–Crippen LogP) is 2.49. The van der Waals surface area contributed by atoms with Crippen LogP contribution >= 0.6 is 15.9 Å². The van der Waals surface area contributed by atoms with E-state index in [1.54, 1.807) is 42.9 Å². The highest BCUT2D eigenvalue weighted by Crippen LogP contribution is 2.11. The predicted molar refractivity (Wildman–Crippen MR) is 64.1 cm³/mol. The molecule has 2 heterocycles. The number of nitrogens with one attached hydrogen (secondary N) is 1. The van der Waals surface area contributed by atoms with Gasteiger partial charge in [-0.05, 0) is 40.2 Å². The van der Waals surface area contributed by atoms with Gasteiger partial charge in [0.15, 0.2) is 0 Å². The topological polar surface area (TPSA) is 54.9 Å². The standard InChI is InChI=1S/C11H8BrN3O/c12-10-2-1-9(7-14-10)15-11(16)8-3-5-13-6-4-8/h1-7H,(H,15,16). The highest BCUT2D eigenvalue weighted by Gasteiger charge is 2.04. The highest BCUT2D eigenvalue weighted by atomic mass is 79.9. The summed E-state index contributed by atoms with van der Waals surface area (Å²) in [6, 6.07) is 6.85. The summed E-state index contributed by atoms with van der Waals surface area (Å²) in [4.78, 5) is 19.6. The molecule has 4 nitrogen and oxygen atoms in total. The maximum absolute atomic E-state index is 11.7. The van der Waals surface area contributed by atoms with Crippen molar-refractivity contribution >= 4 is 27.5 Å². The number of hydrogen-bond acceptors (Lipinski definition) is 3. The molecule has 0 spiro atoms. The van der Waals surface area contributed by atoms with Crippen molar-refractivity contribution in [1.82, 2.24) is 9.97 Å². The Kier molecular flexibility index (Phi) is 3.26. The Morgan fingerprint density at radius 3 is 2.56 bits per heavy atom. The number of nitrogens with zero attached hydrogens (tertiary/aromatic N) is 2. The van der Waals surface area contributed by atoms with Gasteiger partial charge in [0.1, 0.15) is 4.60 Å². The molecule has 0 saturated heterocycles. The molecule has 0 saturated carbocycles. The van der Waals surface area contributed by atoms with Crippen molar-refractivity contribution in [2.75, 3.05) is 5.32 Å².